The first-order valence-electron chi connectivity index (χ1n) is 10.1. The van der Waals surface area contributed by atoms with Crippen LogP contribution in [0.15, 0.2) is 82.2 Å². The molecule has 1 heterocycles. The zero-order valence-electron chi connectivity index (χ0n) is 17.4. The number of thioether (sulfide) groups is 1. The Morgan fingerprint density at radius 2 is 1.67 bits per heavy atom. The van der Waals surface area contributed by atoms with Gasteiger partial charge in [0.2, 0.25) is 0 Å². The summed E-state index contributed by atoms with van der Waals surface area (Å²) < 4.78 is 13.1. The fourth-order valence-electron chi connectivity index (χ4n) is 3.17. The summed E-state index contributed by atoms with van der Waals surface area (Å²) in [5.74, 6) is 1.15. The molecule has 1 aliphatic heterocycles. The molecule has 1 aliphatic rings. The summed E-state index contributed by atoms with van der Waals surface area (Å²) in [4.78, 5) is 15.2. The number of hydrogen-bond acceptors (Lipinski definition) is 5. The van der Waals surface area contributed by atoms with Gasteiger partial charge in [-0.15, -0.1) is 0 Å². The summed E-state index contributed by atoms with van der Waals surface area (Å²) in [6.07, 6.45) is 1.82. The molecule has 168 valence electrons. The van der Waals surface area contributed by atoms with Gasteiger partial charge < -0.3 is 9.47 Å². The SMILES string of the molecule is O=C1/C(=C/c2cc(Br)ccc2OCCOc2ccccc2Cl)SC(=S)N1Cc1ccccc1. The van der Waals surface area contributed by atoms with Crippen molar-refractivity contribution in [3.8, 4) is 11.5 Å². The van der Waals surface area contributed by atoms with E-state index in [4.69, 9.17) is 33.3 Å². The van der Waals surface area contributed by atoms with E-state index < -0.39 is 0 Å². The molecule has 1 fully saturated rings. The van der Waals surface area contributed by atoms with Gasteiger partial charge in [0.25, 0.3) is 5.91 Å². The lowest BCUT2D eigenvalue weighted by molar-refractivity contribution is -0.122. The largest absolute Gasteiger partial charge is 0.489 e. The third-order valence-electron chi connectivity index (χ3n) is 4.75. The molecule has 3 aromatic rings. The monoisotopic (exact) mass is 559 g/mol. The summed E-state index contributed by atoms with van der Waals surface area (Å²) in [6.45, 7) is 1.10. The molecule has 4 rings (SSSR count). The molecular formula is C25H19BrClNO3S2. The van der Waals surface area contributed by atoms with E-state index in [9.17, 15) is 4.79 Å². The van der Waals surface area contributed by atoms with Gasteiger partial charge in [-0.1, -0.05) is 94.0 Å². The Hall–Kier alpha value is -2.32. The molecule has 8 heteroatoms. The number of thiocarbonyl (C=S) groups is 1. The molecule has 0 radical (unpaired) electrons. The van der Waals surface area contributed by atoms with E-state index in [2.05, 4.69) is 15.9 Å². The number of hydrogen-bond donors (Lipinski definition) is 0. The fraction of sp³-hybridized carbons (Fsp3) is 0.120. The fourth-order valence-corrected chi connectivity index (χ4v) is 4.99. The molecule has 3 aromatic carbocycles. The number of carbonyl (C=O) groups excluding carboxylic acids is 1. The molecule has 1 amide bonds. The highest BCUT2D eigenvalue weighted by Gasteiger charge is 2.32. The highest BCUT2D eigenvalue weighted by molar-refractivity contribution is 9.10. The van der Waals surface area contributed by atoms with E-state index in [-0.39, 0.29) is 5.91 Å². The van der Waals surface area contributed by atoms with Gasteiger partial charge in [-0.05, 0) is 42.0 Å². The first-order chi connectivity index (χ1) is 16.0. The van der Waals surface area contributed by atoms with E-state index in [1.807, 2.05) is 72.8 Å². The quantitative estimate of drug-likeness (QED) is 0.169. The van der Waals surface area contributed by atoms with Crippen molar-refractivity contribution >= 4 is 67.8 Å². The second kappa shape index (κ2) is 11.2. The molecule has 0 spiro atoms. The van der Waals surface area contributed by atoms with Crippen molar-refractivity contribution in [3.05, 3.63) is 98.3 Å². The molecule has 33 heavy (non-hydrogen) atoms. The average Bonchev–Trinajstić information content (AvgIpc) is 3.07. The first kappa shape index (κ1) is 23.8. The molecule has 0 bridgehead atoms. The second-order valence-corrected chi connectivity index (χ2v) is 10.1. The predicted octanol–water partition coefficient (Wildman–Crippen LogP) is 6.96. The summed E-state index contributed by atoms with van der Waals surface area (Å²) in [5.41, 5.74) is 1.81. The van der Waals surface area contributed by atoms with Gasteiger partial charge in [0, 0.05) is 10.0 Å². The zero-order valence-corrected chi connectivity index (χ0v) is 21.3. The molecule has 0 unspecified atom stereocenters. The van der Waals surface area contributed by atoms with E-state index in [1.54, 1.807) is 11.0 Å². The summed E-state index contributed by atoms with van der Waals surface area (Å²) >= 11 is 16.4. The van der Waals surface area contributed by atoms with Crippen LogP contribution in [0.5, 0.6) is 11.5 Å². The minimum absolute atomic E-state index is 0.109. The molecule has 0 saturated carbocycles. The lowest BCUT2D eigenvalue weighted by Crippen LogP contribution is -2.27. The van der Waals surface area contributed by atoms with Crippen LogP contribution in [-0.4, -0.2) is 28.3 Å². The number of benzene rings is 3. The Kier molecular flexibility index (Phi) is 8.09. The molecule has 0 aliphatic carbocycles. The number of ether oxygens (including phenoxy) is 2. The van der Waals surface area contributed by atoms with Crippen LogP contribution in [-0.2, 0) is 11.3 Å². The van der Waals surface area contributed by atoms with Gasteiger partial charge in [0.15, 0.2) is 0 Å². The summed E-state index contributed by atoms with van der Waals surface area (Å²) in [7, 11) is 0. The topological polar surface area (TPSA) is 38.8 Å². The van der Waals surface area contributed by atoms with Crippen molar-refractivity contribution < 1.29 is 14.3 Å². The van der Waals surface area contributed by atoms with E-state index in [0.717, 1.165) is 15.6 Å². The number of halogens is 2. The number of nitrogens with zero attached hydrogens (tertiary/aromatic N) is 1. The maximum absolute atomic E-state index is 13.0. The first-order valence-corrected chi connectivity index (χ1v) is 12.5. The Morgan fingerprint density at radius 1 is 0.970 bits per heavy atom. The Labute approximate surface area is 215 Å². The van der Waals surface area contributed by atoms with Crippen LogP contribution in [0.25, 0.3) is 6.08 Å². The Balaban J connectivity index is 1.45. The van der Waals surface area contributed by atoms with Crippen LogP contribution in [0, 0.1) is 0 Å². The van der Waals surface area contributed by atoms with Gasteiger partial charge in [-0.3, -0.25) is 9.69 Å². The lowest BCUT2D eigenvalue weighted by atomic mass is 10.1. The average molecular weight is 561 g/mol. The molecular weight excluding hydrogens is 542 g/mol. The van der Waals surface area contributed by atoms with Crippen LogP contribution in [0.4, 0.5) is 0 Å². The minimum atomic E-state index is -0.109. The van der Waals surface area contributed by atoms with Crippen molar-refractivity contribution in [3.63, 3.8) is 0 Å². The summed E-state index contributed by atoms with van der Waals surface area (Å²) in [5, 5.41) is 0.555. The third-order valence-corrected chi connectivity index (χ3v) is 6.93. The smallest absolute Gasteiger partial charge is 0.266 e. The van der Waals surface area contributed by atoms with E-state index >= 15 is 0 Å². The number of para-hydroxylation sites is 1. The maximum Gasteiger partial charge on any atom is 0.266 e. The third kappa shape index (κ3) is 6.18. The molecule has 1 saturated heterocycles. The zero-order chi connectivity index (χ0) is 23.2. The van der Waals surface area contributed by atoms with Crippen LogP contribution in [0.2, 0.25) is 5.02 Å². The van der Waals surface area contributed by atoms with E-state index in [0.29, 0.717) is 45.5 Å². The number of amides is 1. The molecule has 0 N–H and O–H groups in total. The predicted molar refractivity (Wildman–Crippen MR) is 142 cm³/mol. The normalized spacial score (nSPS) is 14.7. The maximum atomic E-state index is 13.0. The number of rotatable bonds is 8. The van der Waals surface area contributed by atoms with Crippen LogP contribution >= 0.6 is 51.5 Å². The number of carbonyl (C=O) groups is 1. The molecule has 4 nitrogen and oxygen atoms in total. The van der Waals surface area contributed by atoms with E-state index in [1.165, 1.54) is 11.8 Å². The lowest BCUT2D eigenvalue weighted by Gasteiger charge is -2.14. The van der Waals surface area contributed by atoms with Crippen molar-refractivity contribution in [2.24, 2.45) is 0 Å². The van der Waals surface area contributed by atoms with Crippen molar-refractivity contribution in [1.82, 2.24) is 4.90 Å². The van der Waals surface area contributed by atoms with Crippen molar-refractivity contribution in [1.29, 1.82) is 0 Å². The molecule has 0 atom stereocenters. The van der Waals surface area contributed by atoms with Crippen molar-refractivity contribution in [2.75, 3.05) is 13.2 Å². The molecule has 0 aromatic heterocycles. The van der Waals surface area contributed by atoms with Gasteiger partial charge in [0.1, 0.15) is 29.0 Å². The standard InChI is InChI=1S/C25H19BrClNO3S2/c26-19-10-11-21(30-12-13-31-22-9-5-4-8-20(22)27)18(14-19)15-23-24(29)28(25(32)33-23)16-17-6-2-1-3-7-17/h1-11,14-15H,12-13,16H2/b23-15-. The van der Waals surface area contributed by atoms with Gasteiger partial charge in [0.05, 0.1) is 16.5 Å². The van der Waals surface area contributed by atoms with Gasteiger partial charge in [-0.25, -0.2) is 0 Å². The Morgan fingerprint density at radius 3 is 2.42 bits per heavy atom. The minimum Gasteiger partial charge on any atom is -0.489 e. The van der Waals surface area contributed by atoms with Gasteiger partial charge in [-0.2, -0.15) is 0 Å². The second-order valence-electron chi connectivity index (χ2n) is 7.06. The van der Waals surface area contributed by atoms with Crippen LogP contribution in [0.1, 0.15) is 11.1 Å². The van der Waals surface area contributed by atoms with Crippen LogP contribution < -0.4 is 9.47 Å². The van der Waals surface area contributed by atoms with Crippen LogP contribution in [0.3, 0.4) is 0 Å². The van der Waals surface area contributed by atoms with Crippen molar-refractivity contribution in [2.45, 2.75) is 6.54 Å². The summed E-state index contributed by atoms with van der Waals surface area (Å²) in [6, 6.07) is 22.8. The highest BCUT2D eigenvalue weighted by atomic mass is 79.9. The Bertz CT molecular complexity index is 1200. The van der Waals surface area contributed by atoms with Gasteiger partial charge >= 0.3 is 0 Å². The highest BCUT2D eigenvalue weighted by Crippen LogP contribution is 2.36.